The average molecular weight is 596 g/mol. The van der Waals surface area contributed by atoms with Crippen LogP contribution in [0, 0.1) is 0 Å². The lowest BCUT2D eigenvalue weighted by Gasteiger charge is -2.31. The largest absolute Gasteiger partial charge is 0.394 e. The first-order valence-corrected chi connectivity index (χ1v) is 19.7. The van der Waals surface area contributed by atoms with E-state index >= 15 is 0 Å². The van der Waals surface area contributed by atoms with E-state index in [1.807, 2.05) is 0 Å². The molecule has 0 atom stereocenters. The summed E-state index contributed by atoms with van der Waals surface area (Å²) < 4.78 is 0. The van der Waals surface area contributed by atoms with Gasteiger partial charge >= 0.3 is 0 Å². The second kappa shape index (κ2) is 35.4. The highest BCUT2D eigenvalue weighted by atomic mass is 16.3. The van der Waals surface area contributed by atoms with Crippen LogP contribution in [-0.4, -0.2) is 35.5 Å². The molecule has 0 aliphatic rings. The van der Waals surface area contributed by atoms with Crippen molar-refractivity contribution in [1.82, 2.24) is 5.32 Å². The van der Waals surface area contributed by atoms with Gasteiger partial charge in [-0.1, -0.05) is 213 Å². The fraction of sp³-hybridized carbons (Fsp3) is 1.00. The molecule has 0 aromatic carbocycles. The third-order valence-electron chi connectivity index (χ3n) is 9.64. The van der Waals surface area contributed by atoms with Crippen molar-refractivity contribution in [2.75, 3.05) is 19.8 Å². The van der Waals surface area contributed by atoms with E-state index in [0.29, 0.717) is 0 Å². The molecule has 0 saturated carbocycles. The molecule has 0 aliphatic carbocycles. The normalized spacial score (nSPS) is 12.0. The summed E-state index contributed by atoms with van der Waals surface area (Å²) >= 11 is 0. The maximum Gasteiger partial charge on any atom is 0.0648 e. The summed E-state index contributed by atoms with van der Waals surface area (Å²) in [6.07, 6.45) is 45.1. The Balaban J connectivity index is 3.49. The molecule has 0 aliphatic heterocycles. The minimum absolute atomic E-state index is 0.0428. The lowest BCUT2D eigenvalue weighted by Crippen LogP contribution is -2.52. The Morgan fingerprint density at radius 1 is 0.333 bits per heavy atom. The zero-order chi connectivity index (χ0) is 30.7. The first kappa shape index (κ1) is 41.9. The number of hydrogen-bond donors (Lipinski definition) is 3. The quantitative estimate of drug-likeness (QED) is 0.0626. The topological polar surface area (TPSA) is 52.5 Å². The Morgan fingerprint density at radius 2 is 0.571 bits per heavy atom. The van der Waals surface area contributed by atoms with Gasteiger partial charge in [0.05, 0.1) is 18.8 Å². The SMILES string of the molecule is CCCCCCCCCCCCCCCCCCNC(CO)(CO)CCCCCCCCCCCCCCCCCC. The van der Waals surface area contributed by atoms with Gasteiger partial charge in [-0.05, 0) is 19.4 Å². The first-order valence-electron chi connectivity index (χ1n) is 19.7. The summed E-state index contributed by atoms with van der Waals surface area (Å²) in [7, 11) is 0. The van der Waals surface area contributed by atoms with Gasteiger partial charge < -0.3 is 15.5 Å². The number of rotatable bonds is 37. The molecule has 3 N–H and O–H groups in total. The Bertz CT molecular complexity index is 479. The van der Waals surface area contributed by atoms with Gasteiger partial charge in [0, 0.05) is 0 Å². The third kappa shape index (κ3) is 29.9. The van der Waals surface area contributed by atoms with Gasteiger partial charge in [0.15, 0.2) is 0 Å². The second-order valence-electron chi connectivity index (χ2n) is 13.9. The number of aliphatic hydroxyl groups is 2. The van der Waals surface area contributed by atoms with Gasteiger partial charge in [0.2, 0.25) is 0 Å². The van der Waals surface area contributed by atoms with Gasteiger partial charge in [-0.15, -0.1) is 0 Å². The van der Waals surface area contributed by atoms with Crippen molar-refractivity contribution < 1.29 is 10.2 Å². The number of hydrogen-bond acceptors (Lipinski definition) is 3. The van der Waals surface area contributed by atoms with Gasteiger partial charge in [-0.2, -0.15) is 0 Å². The van der Waals surface area contributed by atoms with Crippen LogP contribution in [0.5, 0.6) is 0 Å². The molecule has 0 bridgehead atoms. The van der Waals surface area contributed by atoms with E-state index in [2.05, 4.69) is 19.2 Å². The predicted octanol–water partition coefficient (Wildman–Crippen LogP) is 12.2. The fourth-order valence-electron chi connectivity index (χ4n) is 6.45. The Morgan fingerprint density at radius 3 is 0.833 bits per heavy atom. The van der Waals surface area contributed by atoms with E-state index in [1.54, 1.807) is 0 Å². The molecule has 3 nitrogen and oxygen atoms in total. The molecule has 0 heterocycles. The van der Waals surface area contributed by atoms with E-state index < -0.39 is 5.54 Å². The monoisotopic (exact) mass is 596 g/mol. The van der Waals surface area contributed by atoms with Gasteiger partial charge in [0.1, 0.15) is 0 Å². The van der Waals surface area contributed by atoms with Crippen molar-refractivity contribution in [2.45, 2.75) is 231 Å². The van der Waals surface area contributed by atoms with Crippen LogP contribution in [0.2, 0.25) is 0 Å². The Labute approximate surface area is 266 Å². The van der Waals surface area contributed by atoms with Crippen molar-refractivity contribution in [3.05, 3.63) is 0 Å². The van der Waals surface area contributed by atoms with Crippen molar-refractivity contribution in [1.29, 1.82) is 0 Å². The van der Waals surface area contributed by atoms with Crippen LogP contribution < -0.4 is 5.32 Å². The lowest BCUT2D eigenvalue weighted by molar-refractivity contribution is 0.0816. The summed E-state index contributed by atoms with van der Waals surface area (Å²) in [5.41, 5.74) is -0.481. The van der Waals surface area contributed by atoms with E-state index in [9.17, 15) is 10.2 Å². The van der Waals surface area contributed by atoms with Crippen LogP contribution in [-0.2, 0) is 0 Å². The van der Waals surface area contributed by atoms with E-state index in [1.165, 1.54) is 193 Å². The summed E-state index contributed by atoms with van der Waals surface area (Å²) in [5, 5.41) is 23.6. The van der Waals surface area contributed by atoms with E-state index in [4.69, 9.17) is 0 Å². The predicted molar refractivity (Wildman–Crippen MR) is 189 cm³/mol. The maximum absolute atomic E-state index is 10.0. The van der Waals surface area contributed by atoms with Crippen LogP contribution in [0.3, 0.4) is 0 Å². The summed E-state index contributed by atoms with van der Waals surface area (Å²) in [4.78, 5) is 0. The molecule has 0 saturated heterocycles. The smallest absolute Gasteiger partial charge is 0.0648 e. The van der Waals surface area contributed by atoms with Crippen LogP contribution in [0.1, 0.15) is 226 Å². The van der Waals surface area contributed by atoms with Gasteiger partial charge in [-0.25, -0.2) is 0 Å². The minimum Gasteiger partial charge on any atom is -0.394 e. The average Bonchev–Trinajstić information content (AvgIpc) is 3.01. The minimum atomic E-state index is -0.481. The molecule has 3 heteroatoms. The van der Waals surface area contributed by atoms with Crippen LogP contribution in [0.4, 0.5) is 0 Å². The van der Waals surface area contributed by atoms with Crippen molar-refractivity contribution in [3.63, 3.8) is 0 Å². The molecule has 0 amide bonds. The number of unbranched alkanes of at least 4 members (excludes halogenated alkanes) is 30. The van der Waals surface area contributed by atoms with Crippen LogP contribution in [0.25, 0.3) is 0 Å². The molecule has 0 unspecified atom stereocenters. The first-order chi connectivity index (χ1) is 20.7. The summed E-state index contributed by atoms with van der Waals surface area (Å²) in [6, 6.07) is 0. The van der Waals surface area contributed by atoms with Gasteiger partial charge in [-0.3, -0.25) is 0 Å². The molecule has 0 rings (SSSR count). The molecule has 0 fully saturated rings. The lowest BCUT2D eigenvalue weighted by atomic mass is 9.93. The Kier molecular flexibility index (Phi) is 35.3. The number of nitrogens with one attached hydrogen (secondary N) is 1. The number of aliphatic hydroxyl groups excluding tert-OH is 2. The molecule has 0 radical (unpaired) electrons. The third-order valence-corrected chi connectivity index (χ3v) is 9.64. The van der Waals surface area contributed by atoms with Gasteiger partial charge in [0.25, 0.3) is 0 Å². The fourth-order valence-corrected chi connectivity index (χ4v) is 6.45. The molecule has 0 spiro atoms. The van der Waals surface area contributed by atoms with Crippen LogP contribution >= 0.6 is 0 Å². The van der Waals surface area contributed by atoms with E-state index in [0.717, 1.165) is 25.8 Å². The summed E-state index contributed by atoms with van der Waals surface area (Å²) in [6.45, 7) is 5.59. The summed E-state index contributed by atoms with van der Waals surface area (Å²) in [5.74, 6) is 0. The van der Waals surface area contributed by atoms with Crippen LogP contribution in [0.15, 0.2) is 0 Å². The standard InChI is InChI=1S/C39H81NO2/c1-3-5-7-9-11-13-15-17-19-21-23-25-27-29-31-33-35-39(37-41,38-42)40-36-34-32-30-28-26-24-22-20-18-16-14-12-10-8-6-4-2/h40-42H,3-38H2,1-2H3. The maximum atomic E-state index is 10.0. The highest BCUT2D eigenvalue weighted by Gasteiger charge is 2.27. The highest BCUT2D eigenvalue weighted by Crippen LogP contribution is 2.18. The molecule has 0 aromatic rings. The van der Waals surface area contributed by atoms with Crippen molar-refractivity contribution >= 4 is 0 Å². The molecular formula is C39H81NO2. The molecular weight excluding hydrogens is 514 g/mol. The van der Waals surface area contributed by atoms with Crippen molar-refractivity contribution in [2.24, 2.45) is 0 Å². The molecule has 254 valence electrons. The zero-order valence-electron chi connectivity index (χ0n) is 29.4. The molecule has 0 aromatic heterocycles. The second-order valence-corrected chi connectivity index (χ2v) is 13.9. The Hall–Kier alpha value is -0.120. The zero-order valence-corrected chi connectivity index (χ0v) is 29.4. The highest BCUT2D eigenvalue weighted by molar-refractivity contribution is 4.86. The molecule has 42 heavy (non-hydrogen) atoms. The van der Waals surface area contributed by atoms with Crippen molar-refractivity contribution in [3.8, 4) is 0 Å². The van der Waals surface area contributed by atoms with E-state index in [-0.39, 0.29) is 13.2 Å².